The van der Waals surface area contributed by atoms with Crippen molar-refractivity contribution < 1.29 is 0 Å². The van der Waals surface area contributed by atoms with Crippen LogP contribution in [-0.2, 0) is 6.42 Å². The second-order valence-corrected chi connectivity index (χ2v) is 5.23. The molecule has 15 heavy (non-hydrogen) atoms. The van der Waals surface area contributed by atoms with E-state index >= 15 is 0 Å². The molecule has 0 bridgehead atoms. The second kappa shape index (κ2) is 5.19. The number of hydrogen-bond acceptors (Lipinski definition) is 2. The van der Waals surface area contributed by atoms with Gasteiger partial charge in [-0.15, -0.1) is 17.9 Å². The summed E-state index contributed by atoms with van der Waals surface area (Å²) in [6.45, 7) is 3.78. The lowest BCUT2D eigenvalue weighted by Gasteiger charge is -2.01. The van der Waals surface area contributed by atoms with Crippen LogP contribution in [0, 0.1) is 0 Å². The van der Waals surface area contributed by atoms with E-state index in [1.807, 2.05) is 23.9 Å². The summed E-state index contributed by atoms with van der Waals surface area (Å²) in [6, 6.07) is 12.6. The van der Waals surface area contributed by atoms with Gasteiger partial charge in [-0.2, -0.15) is 0 Å². The maximum Gasteiger partial charge on any atom is 0.0264 e. The summed E-state index contributed by atoms with van der Waals surface area (Å²) in [5.74, 6) is 0. The molecule has 0 aliphatic rings. The van der Waals surface area contributed by atoms with E-state index in [9.17, 15) is 0 Å². The molecule has 0 spiro atoms. The van der Waals surface area contributed by atoms with Crippen LogP contribution in [-0.4, -0.2) is 0 Å². The Bertz CT molecular complexity index is 429. The molecule has 0 saturated carbocycles. The third-order valence-corrected chi connectivity index (χ3v) is 4.19. The Morgan fingerprint density at radius 2 is 2.00 bits per heavy atom. The molecule has 0 aliphatic carbocycles. The van der Waals surface area contributed by atoms with Crippen LogP contribution in [0.3, 0.4) is 0 Å². The molecule has 1 heterocycles. The Morgan fingerprint density at radius 3 is 2.73 bits per heavy atom. The minimum absolute atomic E-state index is 0.965. The highest BCUT2D eigenvalue weighted by molar-refractivity contribution is 7.99. The molecule has 0 nitrogen and oxygen atoms in total. The Balaban J connectivity index is 2.17. The molecule has 2 aromatic rings. The zero-order valence-corrected chi connectivity index (χ0v) is 9.98. The monoisotopic (exact) mass is 232 g/mol. The zero-order valence-electron chi connectivity index (χ0n) is 8.35. The van der Waals surface area contributed by atoms with Crippen LogP contribution < -0.4 is 0 Å². The van der Waals surface area contributed by atoms with Gasteiger partial charge >= 0.3 is 0 Å². The van der Waals surface area contributed by atoms with Crippen LogP contribution in [0.5, 0.6) is 0 Å². The lowest BCUT2D eigenvalue weighted by molar-refractivity contribution is 1.26. The normalized spacial score (nSPS) is 10.1. The number of benzene rings is 1. The molecule has 0 saturated heterocycles. The van der Waals surface area contributed by atoms with Crippen LogP contribution in [0.2, 0.25) is 0 Å². The van der Waals surface area contributed by atoms with Gasteiger partial charge in [0.25, 0.3) is 0 Å². The van der Waals surface area contributed by atoms with Gasteiger partial charge in [0.1, 0.15) is 0 Å². The van der Waals surface area contributed by atoms with Gasteiger partial charge in [-0.3, -0.25) is 0 Å². The first-order chi connectivity index (χ1) is 7.40. The lowest BCUT2D eigenvalue weighted by Crippen LogP contribution is -1.77. The molecule has 2 heteroatoms. The summed E-state index contributed by atoms with van der Waals surface area (Å²) in [5, 5.41) is 2.14. The summed E-state index contributed by atoms with van der Waals surface area (Å²) < 4.78 is 0. The molecule has 0 fully saturated rings. The molecule has 1 aromatic carbocycles. The van der Waals surface area contributed by atoms with Crippen LogP contribution in [0.25, 0.3) is 0 Å². The second-order valence-electron chi connectivity index (χ2n) is 3.12. The fourth-order valence-corrected chi connectivity index (χ4v) is 3.32. The highest BCUT2D eigenvalue weighted by Crippen LogP contribution is 2.33. The Morgan fingerprint density at radius 1 is 1.20 bits per heavy atom. The predicted molar refractivity (Wildman–Crippen MR) is 68.8 cm³/mol. The first kappa shape index (κ1) is 10.5. The molecule has 1 aromatic heterocycles. The molecule has 0 radical (unpaired) electrons. The van der Waals surface area contributed by atoms with E-state index in [0.717, 1.165) is 6.42 Å². The van der Waals surface area contributed by atoms with Crippen molar-refractivity contribution in [3.63, 3.8) is 0 Å². The van der Waals surface area contributed by atoms with E-state index in [1.54, 1.807) is 11.3 Å². The quantitative estimate of drug-likeness (QED) is 0.693. The van der Waals surface area contributed by atoms with Gasteiger partial charge in [0.2, 0.25) is 0 Å². The van der Waals surface area contributed by atoms with E-state index in [-0.39, 0.29) is 0 Å². The molecule has 0 unspecified atom stereocenters. The maximum absolute atomic E-state index is 3.78. The largest absolute Gasteiger partial charge is 0.147 e. The number of thiophene rings is 1. The minimum atomic E-state index is 0.965. The van der Waals surface area contributed by atoms with Gasteiger partial charge in [0.15, 0.2) is 0 Å². The average molecular weight is 232 g/mol. The van der Waals surface area contributed by atoms with Crippen molar-refractivity contribution in [2.75, 3.05) is 0 Å². The molecule has 2 rings (SSSR count). The lowest BCUT2D eigenvalue weighted by atomic mass is 10.3. The molecule has 0 amide bonds. The standard InChI is InChI=1S/C13H12S2/c1-2-6-12-13(9-10-14-12)15-11-7-4-3-5-8-11/h2-5,7-10H,1,6H2. The highest BCUT2D eigenvalue weighted by Gasteiger charge is 2.03. The van der Waals surface area contributed by atoms with Crippen molar-refractivity contribution in [1.82, 2.24) is 0 Å². The third kappa shape index (κ3) is 2.74. The van der Waals surface area contributed by atoms with E-state index in [1.165, 1.54) is 14.7 Å². The zero-order chi connectivity index (χ0) is 10.5. The van der Waals surface area contributed by atoms with Crippen molar-refractivity contribution in [3.05, 3.63) is 59.3 Å². The van der Waals surface area contributed by atoms with E-state index in [2.05, 4.69) is 42.3 Å². The highest BCUT2D eigenvalue weighted by atomic mass is 32.2. The van der Waals surface area contributed by atoms with Gasteiger partial charge in [0.05, 0.1) is 0 Å². The molecule has 0 atom stereocenters. The molecular weight excluding hydrogens is 220 g/mol. The van der Waals surface area contributed by atoms with Gasteiger partial charge in [-0.05, 0) is 23.6 Å². The maximum atomic E-state index is 3.78. The fraction of sp³-hybridized carbons (Fsp3) is 0.0769. The van der Waals surface area contributed by atoms with E-state index < -0.39 is 0 Å². The molecule has 76 valence electrons. The number of rotatable bonds is 4. The van der Waals surface area contributed by atoms with Crippen LogP contribution in [0.4, 0.5) is 0 Å². The summed E-state index contributed by atoms with van der Waals surface area (Å²) in [6.07, 6.45) is 2.92. The summed E-state index contributed by atoms with van der Waals surface area (Å²) in [5.41, 5.74) is 0. The van der Waals surface area contributed by atoms with Crippen LogP contribution in [0.1, 0.15) is 4.88 Å². The minimum Gasteiger partial charge on any atom is -0.147 e. The summed E-state index contributed by atoms with van der Waals surface area (Å²) >= 11 is 3.62. The van der Waals surface area contributed by atoms with Gasteiger partial charge in [-0.1, -0.05) is 36.0 Å². The van der Waals surface area contributed by atoms with Crippen molar-refractivity contribution in [2.45, 2.75) is 16.2 Å². The Hall–Kier alpha value is -0.990. The van der Waals surface area contributed by atoms with Crippen molar-refractivity contribution in [3.8, 4) is 0 Å². The average Bonchev–Trinajstić information content (AvgIpc) is 2.68. The molecule has 0 aliphatic heterocycles. The Labute approximate surface area is 98.7 Å². The summed E-state index contributed by atoms with van der Waals surface area (Å²) in [4.78, 5) is 4.05. The SMILES string of the molecule is C=CCc1sccc1Sc1ccccc1. The van der Waals surface area contributed by atoms with Crippen LogP contribution in [0.15, 0.2) is 64.2 Å². The van der Waals surface area contributed by atoms with E-state index in [0.29, 0.717) is 0 Å². The first-order valence-corrected chi connectivity index (χ1v) is 6.50. The molecule has 0 N–H and O–H groups in total. The third-order valence-electron chi connectivity index (χ3n) is 2.01. The molecular formula is C13H12S2. The van der Waals surface area contributed by atoms with Gasteiger partial charge < -0.3 is 0 Å². The fourth-order valence-electron chi connectivity index (χ4n) is 1.32. The summed E-state index contributed by atoms with van der Waals surface area (Å²) in [7, 11) is 0. The number of allylic oxidation sites excluding steroid dienone is 1. The first-order valence-electron chi connectivity index (χ1n) is 4.80. The predicted octanol–water partition coefficient (Wildman–Crippen LogP) is 4.63. The van der Waals surface area contributed by atoms with Crippen molar-refractivity contribution in [1.29, 1.82) is 0 Å². The van der Waals surface area contributed by atoms with Crippen molar-refractivity contribution in [2.24, 2.45) is 0 Å². The Kier molecular flexibility index (Phi) is 3.64. The van der Waals surface area contributed by atoms with E-state index in [4.69, 9.17) is 0 Å². The van der Waals surface area contributed by atoms with Crippen LogP contribution >= 0.6 is 23.1 Å². The smallest absolute Gasteiger partial charge is 0.0264 e. The van der Waals surface area contributed by atoms with Gasteiger partial charge in [-0.25, -0.2) is 0 Å². The topological polar surface area (TPSA) is 0 Å². The van der Waals surface area contributed by atoms with Crippen molar-refractivity contribution >= 4 is 23.1 Å². The number of hydrogen-bond donors (Lipinski definition) is 0. The van der Waals surface area contributed by atoms with Gasteiger partial charge in [0, 0.05) is 21.1 Å².